The number of benzene rings is 2. The molecule has 0 saturated heterocycles. The van der Waals surface area contributed by atoms with E-state index in [0.717, 1.165) is 11.6 Å². The summed E-state index contributed by atoms with van der Waals surface area (Å²) in [5.74, 6) is -0.537. The molecule has 0 aliphatic rings. The van der Waals surface area contributed by atoms with Crippen LogP contribution in [0.5, 0.6) is 0 Å². The molecular formula is C23H22F3N3O2. The number of aryl methyl sites for hydroxylation is 1. The van der Waals surface area contributed by atoms with Crippen molar-refractivity contribution in [1.29, 1.82) is 0 Å². The van der Waals surface area contributed by atoms with Crippen molar-refractivity contribution in [2.75, 3.05) is 5.32 Å². The maximum atomic E-state index is 13.3. The van der Waals surface area contributed by atoms with Gasteiger partial charge in [0.25, 0.3) is 0 Å². The Balaban J connectivity index is 1.89. The highest BCUT2D eigenvalue weighted by atomic mass is 19.4. The zero-order valence-corrected chi connectivity index (χ0v) is 17.5. The molecule has 2 aromatic carbocycles. The van der Waals surface area contributed by atoms with Crippen molar-refractivity contribution in [2.24, 2.45) is 0 Å². The molecule has 5 nitrogen and oxygen atoms in total. The molecule has 3 rings (SSSR count). The van der Waals surface area contributed by atoms with Crippen LogP contribution in [0.4, 0.5) is 24.5 Å². The number of ether oxygens (including phenoxy) is 1. The fourth-order valence-electron chi connectivity index (χ4n) is 2.88. The first-order valence-corrected chi connectivity index (χ1v) is 9.54. The van der Waals surface area contributed by atoms with E-state index in [-0.39, 0.29) is 11.4 Å². The number of anilines is 2. The van der Waals surface area contributed by atoms with E-state index >= 15 is 0 Å². The molecule has 1 N–H and O–H groups in total. The first-order valence-electron chi connectivity index (χ1n) is 9.54. The van der Waals surface area contributed by atoms with Crippen molar-refractivity contribution < 1.29 is 22.7 Å². The van der Waals surface area contributed by atoms with Gasteiger partial charge in [0.2, 0.25) is 0 Å². The van der Waals surface area contributed by atoms with Crippen LogP contribution in [0.1, 0.15) is 42.3 Å². The molecule has 0 amide bonds. The van der Waals surface area contributed by atoms with Crippen LogP contribution >= 0.6 is 0 Å². The largest absolute Gasteiger partial charge is 0.456 e. The number of alkyl halides is 3. The molecule has 0 aliphatic carbocycles. The fourth-order valence-corrected chi connectivity index (χ4v) is 2.88. The second-order valence-corrected chi connectivity index (χ2v) is 8.01. The van der Waals surface area contributed by atoms with Crippen LogP contribution < -0.4 is 5.32 Å². The molecule has 0 aliphatic heterocycles. The van der Waals surface area contributed by atoms with Crippen LogP contribution in [-0.4, -0.2) is 21.5 Å². The highest BCUT2D eigenvalue weighted by molar-refractivity contribution is 5.97. The Hall–Kier alpha value is -3.42. The highest BCUT2D eigenvalue weighted by Crippen LogP contribution is 2.35. The van der Waals surface area contributed by atoms with E-state index in [1.54, 1.807) is 32.9 Å². The first-order chi connectivity index (χ1) is 14.4. The average Bonchev–Trinajstić information content (AvgIpc) is 2.68. The van der Waals surface area contributed by atoms with Gasteiger partial charge >= 0.3 is 12.1 Å². The molecule has 1 heterocycles. The zero-order valence-electron chi connectivity index (χ0n) is 17.5. The van der Waals surface area contributed by atoms with E-state index < -0.39 is 23.3 Å². The third-order valence-corrected chi connectivity index (χ3v) is 4.20. The number of aromatic nitrogens is 2. The van der Waals surface area contributed by atoms with Gasteiger partial charge in [0.15, 0.2) is 5.82 Å². The number of esters is 1. The van der Waals surface area contributed by atoms with Crippen LogP contribution in [-0.2, 0) is 10.9 Å². The Kier molecular flexibility index (Phi) is 6.01. The molecule has 8 heteroatoms. The van der Waals surface area contributed by atoms with E-state index in [9.17, 15) is 18.0 Å². The quantitative estimate of drug-likeness (QED) is 0.503. The molecule has 3 aromatic rings. The maximum absolute atomic E-state index is 13.3. The number of hydrogen-bond donors (Lipinski definition) is 1. The van der Waals surface area contributed by atoms with Gasteiger partial charge in [0.1, 0.15) is 5.60 Å². The fraction of sp³-hybridized carbons (Fsp3) is 0.261. The summed E-state index contributed by atoms with van der Waals surface area (Å²) in [6, 6.07) is 10.4. The van der Waals surface area contributed by atoms with Gasteiger partial charge in [-0.1, -0.05) is 29.8 Å². The van der Waals surface area contributed by atoms with Crippen LogP contribution in [0.2, 0.25) is 0 Å². The molecule has 0 unspecified atom stereocenters. The summed E-state index contributed by atoms with van der Waals surface area (Å²) in [6.07, 6.45) is -1.77. The van der Waals surface area contributed by atoms with Crippen molar-refractivity contribution in [3.63, 3.8) is 0 Å². The minimum atomic E-state index is -4.51. The summed E-state index contributed by atoms with van der Waals surface area (Å²) < 4.78 is 45.2. The van der Waals surface area contributed by atoms with Crippen LogP contribution in [0.3, 0.4) is 0 Å². The summed E-state index contributed by atoms with van der Waals surface area (Å²) in [5.41, 5.74) is 0.541. The Labute approximate surface area is 178 Å². The second kappa shape index (κ2) is 8.37. The van der Waals surface area contributed by atoms with Gasteiger partial charge in [0, 0.05) is 5.56 Å². The molecule has 0 spiro atoms. The molecule has 1 aromatic heterocycles. The molecule has 31 heavy (non-hydrogen) atoms. The van der Waals surface area contributed by atoms with Gasteiger partial charge < -0.3 is 10.1 Å². The monoisotopic (exact) mass is 429 g/mol. The van der Waals surface area contributed by atoms with Crippen LogP contribution in [0.25, 0.3) is 11.4 Å². The number of rotatable bonds is 4. The van der Waals surface area contributed by atoms with Gasteiger partial charge in [-0.2, -0.15) is 13.2 Å². The lowest BCUT2D eigenvalue weighted by Crippen LogP contribution is -2.24. The summed E-state index contributed by atoms with van der Waals surface area (Å²) in [5, 5.41) is 3.04. The standard InChI is InChI=1S/C23H22F3N3O2/c1-14-9-10-19(17(11-14)21(30)31-22(2,3)4)29-15-12-27-20(28-13-15)16-7-5-6-8-18(16)23(24,25)26/h5-13,29H,1-4H3. The number of nitrogens with zero attached hydrogens (tertiary/aromatic N) is 2. The summed E-state index contributed by atoms with van der Waals surface area (Å²) >= 11 is 0. The summed E-state index contributed by atoms with van der Waals surface area (Å²) in [6.45, 7) is 7.19. The highest BCUT2D eigenvalue weighted by Gasteiger charge is 2.34. The summed E-state index contributed by atoms with van der Waals surface area (Å²) in [7, 11) is 0. The van der Waals surface area contributed by atoms with Gasteiger partial charge in [-0.15, -0.1) is 0 Å². The molecule has 0 atom stereocenters. The zero-order chi connectivity index (χ0) is 22.8. The van der Waals surface area contributed by atoms with Crippen molar-refractivity contribution in [3.05, 3.63) is 71.5 Å². The number of halogens is 3. The van der Waals surface area contributed by atoms with Crippen molar-refractivity contribution in [2.45, 2.75) is 39.5 Å². The lowest BCUT2D eigenvalue weighted by Gasteiger charge is -2.21. The number of hydrogen-bond acceptors (Lipinski definition) is 5. The predicted octanol–water partition coefficient (Wildman–Crippen LogP) is 6.17. The number of carbonyl (C=O) groups excluding carboxylic acids is 1. The lowest BCUT2D eigenvalue weighted by atomic mass is 10.1. The number of nitrogens with one attached hydrogen (secondary N) is 1. The van der Waals surface area contributed by atoms with Crippen LogP contribution in [0.15, 0.2) is 54.9 Å². The van der Waals surface area contributed by atoms with E-state index in [1.165, 1.54) is 30.6 Å². The van der Waals surface area contributed by atoms with Crippen molar-refractivity contribution >= 4 is 17.3 Å². The van der Waals surface area contributed by atoms with E-state index in [4.69, 9.17) is 4.74 Å². The second-order valence-electron chi connectivity index (χ2n) is 8.01. The third kappa shape index (κ3) is 5.59. The normalized spacial score (nSPS) is 11.8. The maximum Gasteiger partial charge on any atom is 0.417 e. The average molecular weight is 429 g/mol. The predicted molar refractivity (Wildman–Crippen MR) is 112 cm³/mol. The third-order valence-electron chi connectivity index (χ3n) is 4.20. The van der Waals surface area contributed by atoms with Crippen LogP contribution in [0, 0.1) is 6.92 Å². The van der Waals surface area contributed by atoms with E-state index in [2.05, 4.69) is 15.3 Å². The van der Waals surface area contributed by atoms with Gasteiger partial charge in [-0.25, -0.2) is 14.8 Å². The minimum Gasteiger partial charge on any atom is -0.456 e. The van der Waals surface area contributed by atoms with E-state index in [1.807, 2.05) is 13.0 Å². The molecule has 0 bridgehead atoms. The molecule has 0 fully saturated rings. The van der Waals surface area contributed by atoms with Gasteiger partial charge in [-0.05, 0) is 45.9 Å². The van der Waals surface area contributed by atoms with Crippen molar-refractivity contribution in [1.82, 2.24) is 9.97 Å². The molecule has 0 radical (unpaired) electrons. The minimum absolute atomic E-state index is 0.0465. The topological polar surface area (TPSA) is 64.1 Å². The Bertz CT molecular complexity index is 1090. The molecule has 0 saturated carbocycles. The number of carbonyl (C=O) groups is 1. The van der Waals surface area contributed by atoms with Crippen molar-refractivity contribution in [3.8, 4) is 11.4 Å². The lowest BCUT2D eigenvalue weighted by molar-refractivity contribution is -0.137. The molecule has 162 valence electrons. The van der Waals surface area contributed by atoms with Gasteiger partial charge in [0.05, 0.1) is 34.9 Å². The molecular weight excluding hydrogens is 407 g/mol. The SMILES string of the molecule is Cc1ccc(Nc2cnc(-c3ccccc3C(F)(F)F)nc2)c(C(=O)OC(C)(C)C)c1. The Morgan fingerprint density at radius 3 is 2.26 bits per heavy atom. The smallest absolute Gasteiger partial charge is 0.417 e. The first kappa shape index (κ1) is 22.3. The summed E-state index contributed by atoms with van der Waals surface area (Å²) in [4.78, 5) is 20.8. The Morgan fingerprint density at radius 1 is 1.00 bits per heavy atom. The Morgan fingerprint density at radius 2 is 1.65 bits per heavy atom. The van der Waals surface area contributed by atoms with Gasteiger partial charge in [-0.3, -0.25) is 0 Å². The van der Waals surface area contributed by atoms with E-state index in [0.29, 0.717) is 16.9 Å².